The molecule has 3 aromatic rings. The summed E-state index contributed by atoms with van der Waals surface area (Å²) in [6.07, 6.45) is 8.26. The van der Waals surface area contributed by atoms with Crippen LogP contribution in [0.4, 0.5) is 5.82 Å². The molecule has 0 radical (unpaired) electrons. The molecular formula is C25H24N6O4. The summed E-state index contributed by atoms with van der Waals surface area (Å²) < 4.78 is 5.46. The first kappa shape index (κ1) is 22.3. The van der Waals surface area contributed by atoms with Gasteiger partial charge in [-0.15, -0.1) is 0 Å². The van der Waals surface area contributed by atoms with Crippen LogP contribution < -0.4 is 9.64 Å². The minimum Gasteiger partial charge on any atom is -0.494 e. The second kappa shape index (κ2) is 9.41. The molecule has 1 aromatic carbocycles. The summed E-state index contributed by atoms with van der Waals surface area (Å²) in [6.45, 7) is 1.82. The van der Waals surface area contributed by atoms with Gasteiger partial charge >= 0.3 is 0 Å². The molecule has 2 aliphatic heterocycles. The van der Waals surface area contributed by atoms with Gasteiger partial charge in [-0.05, 0) is 12.1 Å². The lowest BCUT2D eigenvalue weighted by atomic mass is 10.1. The lowest BCUT2D eigenvalue weighted by Crippen LogP contribution is -2.52. The topological polar surface area (TPSA) is 111 Å². The summed E-state index contributed by atoms with van der Waals surface area (Å²) in [4.78, 5) is 55.8. The number of aromatic nitrogens is 2. The summed E-state index contributed by atoms with van der Waals surface area (Å²) in [5.74, 6) is -0.326. The standard InChI is InChI=1S/C25H24N6O4/c1-35-19-16-28-23(29-9-7-26-8-10-29)21-20(19)18(15-27-21)22(32)25(34)31-13-11-30(12-14-31)24(33)17-5-3-2-4-6-17/h2-9,15-16,27H,10-14H2,1H3. The normalized spacial score (nSPS) is 15.5. The number of H-pyrrole nitrogens is 1. The fourth-order valence-electron chi connectivity index (χ4n) is 4.32. The van der Waals surface area contributed by atoms with E-state index in [1.165, 1.54) is 18.2 Å². The highest BCUT2D eigenvalue weighted by Gasteiger charge is 2.31. The van der Waals surface area contributed by atoms with Crippen molar-refractivity contribution in [2.45, 2.75) is 0 Å². The van der Waals surface area contributed by atoms with E-state index in [0.717, 1.165) is 0 Å². The number of carbonyl (C=O) groups excluding carboxylic acids is 3. The van der Waals surface area contributed by atoms with Crippen molar-refractivity contribution in [3.63, 3.8) is 0 Å². The number of piperazine rings is 1. The highest BCUT2D eigenvalue weighted by Crippen LogP contribution is 2.34. The number of amides is 2. The molecule has 1 N–H and O–H groups in total. The highest BCUT2D eigenvalue weighted by atomic mass is 16.5. The summed E-state index contributed by atoms with van der Waals surface area (Å²) in [5, 5.41) is 0.504. The van der Waals surface area contributed by atoms with E-state index < -0.39 is 11.7 Å². The first-order valence-corrected chi connectivity index (χ1v) is 11.3. The molecule has 178 valence electrons. The Hall–Kier alpha value is -4.47. The number of carbonyl (C=O) groups is 3. The van der Waals surface area contributed by atoms with Gasteiger partial charge < -0.3 is 24.4 Å². The monoisotopic (exact) mass is 472 g/mol. The number of anilines is 1. The van der Waals surface area contributed by atoms with Crippen LogP contribution in [-0.4, -0.2) is 83.4 Å². The third kappa shape index (κ3) is 4.14. The molecule has 0 saturated carbocycles. The van der Waals surface area contributed by atoms with Crippen molar-refractivity contribution >= 4 is 40.5 Å². The maximum Gasteiger partial charge on any atom is 0.295 e. The van der Waals surface area contributed by atoms with Crippen LogP contribution in [0.25, 0.3) is 10.9 Å². The zero-order valence-electron chi connectivity index (χ0n) is 19.2. The molecule has 35 heavy (non-hydrogen) atoms. The van der Waals surface area contributed by atoms with Crippen molar-refractivity contribution < 1.29 is 19.1 Å². The largest absolute Gasteiger partial charge is 0.494 e. The number of Topliss-reactive ketones (excluding diaryl/α,β-unsaturated/α-hetero) is 1. The minimum atomic E-state index is -0.634. The maximum atomic E-state index is 13.3. The number of methoxy groups -OCH3 is 1. The SMILES string of the molecule is COc1cnc(N2C=CN=CC2)c2[nH]cc(C(=O)C(=O)N3CCN(C(=O)c4ccccc4)CC3)c12. The van der Waals surface area contributed by atoms with Gasteiger partial charge in [0.15, 0.2) is 5.82 Å². The molecule has 0 atom stereocenters. The Morgan fingerprint density at radius 3 is 2.46 bits per heavy atom. The van der Waals surface area contributed by atoms with E-state index >= 15 is 0 Å². The van der Waals surface area contributed by atoms with E-state index in [0.29, 0.717) is 47.7 Å². The van der Waals surface area contributed by atoms with Gasteiger partial charge in [-0.2, -0.15) is 0 Å². The predicted octanol–water partition coefficient (Wildman–Crippen LogP) is 2.10. The van der Waals surface area contributed by atoms with Gasteiger partial charge in [-0.3, -0.25) is 19.4 Å². The van der Waals surface area contributed by atoms with Crippen molar-refractivity contribution in [3.05, 3.63) is 66.3 Å². The molecule has 0 unspecified atom stereocenters. The zero-order chi connectivity index (χ0) is 24.4. The van der Waals surface area contributed by atoms with E-state index in [4.69, 9.17) is 4.74 Å². The van der Waals surface area contributed by atoms with Gasteiger partial charge in [0, 0.05) is 56.6 Å². The Balaban J connectivity index is 1.35. The molecule has 0 spiro atoms. The van der Waals surface area contributed by atoms with Crippen molar-refractivity contribution in [1.82, 2.24) is 19.8 Å². The van der Waals surface area contributed by atoms with E-state index in [2.05, 4.69) is 15.0 Å². The Bertz CT molecular complexity index is 1340. The van der Waals surface area contributed by atoms with Crippen molar-refractivity contribution in [1.29, 1.82) is 0 Å². The summed E-state index contributed by atoms with van der Waals surface area (Å²) in [5.41, 5.74) is 1.43. The predicted molar refractivity (Wildman–Crippen MR) is 131 cm³/mol. The quantitative estimate of drug-likeness (QED) is 0.450. The minimum absolute atomic E-state index is 0.0813. The lowest BCUT2D eigenvalue weighted by molar-refractivity contribution is -0.127. The third-order valence-corrected chi connectivity index (χ3v) is 6.18. The number of benzene rings is 1. The number of pyridine rings is 1. The van der Waals surface area contributed by atoms with Crippen LogP contribution >= 0.6 is 0 Å². The molecule has 2 aliphatic rings. The number of rotatable bonds is 5. The number of fused-ring (bicyclic) bond motifs is 1. The van der Waals surface area contributed by atoms with Crippen LogP contribution in [0.5, 0.6) is 5.75 Å². The molecule has 0 bridgehead atoms. The third-order valence-electron chi connectivity index (χ3n) is 6.18. The van der Waals surface area contributed by atoms with Crippen molar-refractivity contribution in [2.24, 2.45) is 4.99 Å². The molecule has 0 aliphatic carbocycles. The van der Waals surface area contributed by atoms with Crippen molar-refractivity contribution in [3.8, 4) is 5.75 Å². The molecular weight excluding hydrogens is 448 g/mol. The van der Waals surface area contributed by atoms with Gasteiger partial charge in [0.25, 0.3) is 17.6 Å². The van der Waals surface area contributed by atoms with Gasteiger partial charge in [0.2, 0.25) is 0 Å². The number of hydrogen-bond acceptors (Lipinski definition) is 7. The number of aliphatic imine (C=N–C) groups is 1. The lowest BCUT2D eigenvalue weighted by Gasteiger charge is -2.34. The fraction of sp³-hybridized carbons (Fsp3) is 0.240. The summed E-state index contributed by atoms with van der Waals surface area (Å²) >= 11 is 0. The molecule has 1 fully saturated rings. The number of aromatic amines is 1. The molecule has 10 heteroatoms. The first-order chi connectivity index (χ1) is 17.1. The average Bonchev–Trinajstić information content (AvgIpc) is 3.38. The van der Waals surface area contributed by atoms with Crippen LogP contribution in [0.1, 0.15) is 20.7 Å². The van der Waals surface area contributed by atoms with E-state index in [-0.39, 0.29) is 24.6 Å². The fourth-order valence-corrected chi connectivity index (χ4v) is 4.32. The van der Waals surface area contributed by atoms with Crippen molar-refractivity contribution in [2.75, 3.05) is 44.7 Å². The van der Waals surface area contributed by atoms with Crippen LogP contribution in [0.2, 0.25) is 0 Å². The maximum absolute atomic E-state index is 13.3. The number of nitrogens with one attached hydrogen (secondary N) is 1. The van der Waals surface area contributed by atoms with E-state index in [1.54, 1.807) is 41.8 Å². The molecule has 1 saturated heterocycles. The molecule has 2 amide bonds. The van der Waals surface area contributed by atoms with Crippen LogP contribution in [0.15, 0.2) is 60.1 Å². The Kier molecular flexibility index (Phi) is 6.01. The van der Waals surface area contributed by atoms with Gasteiger partial charge in [-0.25, -0.2) is 4.98 Å². The smallest absolute Gasteiger partial charge is 0.295 e. The second-order valence-corrected chi connectivity index (χ2v) is 8.16. The van der Waals surface area contributed by atoms with Gasteiger partial charge in [0.1, 0.15) is 5.75 Å². The number of hydrogen-bond donors (Lipinski definition) is 1. The summed E-state index contributed by atoms with van der Waals surface area (Å²) in [6, 6.07) is 9.02. The second-order valence-electron chi connectivity index (χ2n) is 8.16. The highest BCUT2D eigenvalue weighted by molar-refractivity contribution is 6.45. The molecule has 2 aromatic heterocycles. The van der Waals surface area contributed by atoms with Gasteiger partial charge in [0.05, 0.1) is 36.3 Å². The number of nitrogens with zero attached hydrogens (tertiary/aromatic N) is 5. The first-order valence-electron chi connectivity index (χ1n) is 11.3. The van der Waals surface area contributed by atoms with E-state index in [9.17, 15) is 14.4 Å². The molecule has 10 nitrogen and oxygen atoms in total. The number of ketones is 1. The number of ether oxygens (including phenoxy) is 1. The zero-order valence-corrected chi connectivity index (χ0v) is 19.2. The molecule has 5 rings (SSSR count). The summed E-state index contributed by atoms with van der Waals surface area (Å²) in [7, 11) is 1.50. The van der Waals surface area contributed by atoms with Gasteiger partial charge in [-0.1, -0.05) is 18.2 Å². The Morgan fingerprint density at radius 2 is 1.77 bits per heavy atom. The van der Waals surface area contributed by atoms with Crippen LogP contribution in [-0.2, 0) is 4.79 Å². The average molecular weight is 473 g/mol. The Morgan fingerprint density at radius 1 is 1.03 bits per heavy atom. The van der Waals surface area contributed by atoms with E-state index in [1.807, 2.05) is 23.1 Å². The molecule has 4 heterocycles. The van der Waals surface area contributed by atoms with Crippen LogP contribution in [0.3, 0.4) is 0 Å². The Labute approximate surface area is 201 Å². The van der Waals surface area contributed by atoms with Crippen LogP contribution in [0, 0.1) is 0 Å².